The zero-order chi connectivity index (χ0) is 14.4. The molecule has 2 aliphatic rings. The molecule has 1 atom stereocenters. The summed E-state index contributed by atoms with van der Waals surface area (Å²) in [6.07, 6.45) is 5.38. The molecule has 4 nitrogen and oxygen atoms in total. The third-order valence-corrected chi connectivity index (χ3v) is 7.72. The van der Waals surface area contributed by atoms with Gasteiger partial charge in [0, 0.05) is 16.5 Å². The summed E-state index contributed by atoms with van der Waals surface area (Å²) in [5.41, 5.74) is 0.204. The molecule has 1 unspecified atom stereocenters. The Morgan fingerprint density at radius 2 is 2.25 bits per heavy atom. The topological polar surface area (TPSA) is 58.2 Å². The highest BCUT2D eigenvalue weighted by atomic mass is 79.9. The number of thiophene rings is 1. The number of rotatable bonds is 3. The second kappa shape index (κ2) is 5.35. The first-order valence-corrected chi connectivity index (χ1v) is 10.0. The van der Waals surface area contributed by atoms with Crippen LogP contribution in [0.25, 0.3) is 0 Å². The molecule has 2 heterocycles. The van der Waals surface area contributed by atoms with Crippen molar-refractivity contribution in [3.63, 3.8) is 0 Å². The number of piperidine rings is 1. The predicted octanol–water partition coefficient (Wildman–Crippen LogP) is 2.77. The van der Waals surface area contributed by atoms with Gasteiger partial charge in [0.1, 0.15) is 0 Å². The van der Waals surface area contributed by atoms with Gasteiger partial charge in [-0.2, -0.15) is 0 Å². The van der Waals surface area contributed by atoms with Crippen molar-refractivity contribution in [3.8, 4) is 0 Å². The van der Waals surface area contributed by atoms with Gasteiger partial charge >= 0.3 is 0 Å². The number of hydrogen-bond donors (Lipinski definition) is 2. The fourth-order valence-corrected chi connectivity index (χ4v) is 6.91. The Hall–Kier alpha value is 0.0500. The monoisotopic (exact) mass is 378 g/mol. The van der Waals surface area contributed by atoms with Crippen LogP contribution in [0.3, 0.4) is 0 Å². The highest BCUT2D eigenvalue weighted by Gasteiger charge is 2.41. The molecular formula is C13H19BrN2O2S2. The van der Waals surface area contributed by atoms with E-state index in [9.17, 15) is 8.42 Å². The van der Waals surface area contributed by atoms with Crippen LogP contribution in [0.1, 0.15) is 37.0 Å². The normalized spacial score (nSPS) is 25.6. The van der Waals surface area contributed by atoms with Crippen molar-refractivity contribution < 1.29 is 8.42 Å². The molecule has 1 aliphatic heterocycles. The summed E-state index contributed by atoms with van der Waals surface area (Å²) in [6, 6.07) is 1.75. The van der Waals surface area contributed by atoms with E-state index in [1.165, 1.54) is 30.6 Å². The maximum Gasteiger partial charge on any atom is 0.241 e. The molecular weight excluding hydrogens is 360 g/mol. The zero-order valence-electron chi connectivity index (χ0n) is 11.4. The number of hydrogen-bond acceptors (Lipinski definition) is 4. The maximum absolute atomic E-state index is 12.5. The van der Waals surface area contributed by atoms with Crippen molar-refractivity contribution in [2.45, 2.75) is 55.5 Å². The van der Waals surface area contributed by atoms with E-state index in [1.807, 2.05) is 6.92 Å². The van der Waals surface area contributed by atoms with Crippen molar-refractivity contribution in [2.75, 3.05) is 6.54 Å². The summed E-state index contributed by atoms with van der Waals surface area (Å²) in [6.45, 7) is 2.75. The first-order valence-electron chi connectivity index (χ1n) is 6.94. The Labute approximate surface area is 132 Å². The molecule has 0 amide bonds. The van der Waals surface area contributed by atoms with Gasteiger partial charge in [0.25, 0.3) is 0 Å². The predicted molar refractivity (Wildman–Crippen MR) is 84.7 cm³/mol. The Kier molecular flexibility index (Phi) is 4.01. The molecule has 20 heavy (non-hydrogen) atoms. The summed E-state index contributed by atoms with van der Waals surface area (Å²) in [5.74, 6) is 0. The molecule has 1 aliphatic carbocycles. The van der Waals surface area contributed by atoms with Crippen molar-refractivity contribution in [1.29, 1.82) is 0 Å². The number of sulfonamides is 1. The van der Waals surface area contributed by atoms with Gasteiger partial charge in [0.15, 0.2) is 0 Å². The second-order valence-electron chi connectivity index (χ2n) is 5.84. The van der Waals surface area contributed by atoms with E-state index >= 15 is 0 Å². The molecule has 1 aromatic heterocycles. The number of aryl methyl sites for hydroxylation is 1. The molecule has 0 aromatic carbocycles. The Bertz CT molecular complexity index is 608. The Balaban J connectivity index is 1.74. The third-order valence-electron chi connectivity index (χ3n) is 4.39. The van der Waals surface area contributed by atoms with Gasteiger partial charge in [-0.05, 0) is 67.6 Å². The highest BCUT2D eigenvalue weighted by molar-refractivity contribution is 9.11. The average Bonchev–Trinajstić information content (AvgIpc) is 2.67. The summed E-state index contributed by atoms with van der Waals surface area (Å²) >= 11 is 4.81. The van der Waals surface area contributed by atoms with Gasteiger partial charge in [-0.1, -0.05) is 0 Å². The summed E-state index contributed by atoms with van der Waals surface area (Å²) in [4.78, 5) is 1.24. The van der Waals surface area contributed by atoms with E-state index in [4.69, 9.17) is 0 Å². The lowest BCUT2D eigenvalue weighted by Gasteiger charge is -2.48. The van der Waals surface area contributed by atoms with E-state index < -0.39 is 10.0 Å². The van der Waals surface area contributed by atoms with Crippen LogP contribution in [0, 0.1) is 6.92 Å². The molecule has 2 fully saturated rings. The van der Waals surface area contributed by atoms with Crippen molar-refractivity contribution in [2.24, 2.45) is 0 Å². The lowest BCUT2D eigenvalue weighted by atomic mass is 9.70. The van der Waals surface area contributed by atoms with Crippen LogP contribution in [0.5, 0.6) is 0 Å². The highest BCUT2D eigenvalue weighted by Crippen LogP contribution is 2.38. The molecule has 2 N–H and O–H groups in total. The molecule has 112 valence electrons. The average molecular weight is 379 g/mol. The smallest absolute Gasteiger partial charge is 0.241 e. The lowest BCUT2D eigenvalue weighted by molar-refractivity contribution is 0.126. The maximum atomic E-state index is 12.5. The van der Waals surface area contributed by atoms with E-state index in [1.54, 1.807) is 6.07 Å². The Morgan fingerprint density at radius 3 is 2.80 bits per heavy atom. The minimum Gasteiger partial charge on any atom is -0.311 e. The minimum absolute atomic E-state index is 0.0552. The van der Waals surface area contributed by atoms with Crippen LogP contribution in [0.4, 0.5) is 0 Å². The van der Waals surface area contributed by atoms with Crippen LogP contribution in [-0.2, 0) is 10.0 Å². The van der Waals surface area contributed by atoms with Crippen molar-refractivity contribution in [3.05, 3.63) is 14.7 Å². The molecule has 1 spiro atoms. The van der Waals surface area contributed by atoms with E-state index in [2.05, 4.69) is 26.0 Å². The molecule has 0 radical (unpaired) electrons. The van der Waals surface area contributed by atoms with Gasteiger partial charge < -0.3 is 5.32 Å². The van der Waals surface area contributed by atoms with Gasteiger partial charge in [-0.3, -0.25) is 0 Å². The molecule has 1 saturated carbocycles. The molecule has 1 saturated heterocycles. The van der Waals surface area contributed by atoms with Crippen molar-refractivity contribution >= 4 is 37.3 Å². The van der Waals surface area contributed by atoms with Crippen LogP contribution < -0.4 is 10.0 Å². The zero-order valence-corrected chi connectivity index (χ0v) is 14.6. The van der Waals surface area contributed by atoms with E-state index in [0.717, 1.165) is 28.0 Å². The van der Waals surface area contributed by atoms with Crippen LogP contribution in [-0.4, -0.2) is 26.5 Å². The van der Waals surface area contributed by atoms with Gasteiger partial charge in [-0.25, -0.2) is 13.1 Å². The lowest BCUT2D eigenvalue weighted by Crippen LogP contribution is -2.59. The summed E-state index contributed by atoms with van der Waals surface area (Å²) < 4.78 is 28.8. The minimum atomic E-state index is -3.40. The molecule has 7 heteroatoms. The van der Waals surface area contributed by atoms with Gasteiger partial charge in [0.05, 0.1) is 8.68 Å². The first kappa shape index (κ1) is 15.0. The van der Waals surface area contributed by atoms with E-state index in [-0.39, 0.29) is 11.6 Å². The first-order chi connectivity index (χ1) is 9.40. The fraction of sp³-hybridized carbons (Fsp3) is 0.692. The summed E-state index contributed by atoms with van der Waals surface area (Å²) in [7, 11) is -3.40. The van der Waals surface area contributed by atoms with E-state index in [0.29, 0.717) is 4.90 Å². The Morgan fingerprint density at radius 1 is 1.50 bits per heavy atom. The molecule has 3 rings (SSSR count). The fourth-order valence-electron chi connectivity index (χ4n) is 3.22. The van der Waals surface area contributed by atoms with Crippen LogP contribution in [0.15, 0.2) is 14.7 Å². The van der Waals surface area contributed by atoms with Gasteiger partial charge in [-0.15, -0.1) is 11.3 Å². The third kappa shape index (κ3) is 2.83. The quantitative estimate of drug-likeness (QED) is 0.849. The number of nitrogens with one attached hydrogen (secondary N) is 2. The molecule has 0 bridgehead atoms. The second-order valence-corrected chi connectivity index (χ2v) is 10.2. The number of halogens is 1. The van der Waals surface area contributed by atoms with Gasteiger partial charge in [0.2, 0.25) is 10.0 Å². The SMILES string of the molecule is Cc1sc(Br)cc1S(=O)(=O)NC1CCNC2(CCC2)C1. The largest absolute Gasteiger partial charge is 0.311 e. The van der Waals surface area contributed by atoms with Crippen LogP contribution in [0.2, 0.25) is 0 Å². The summed E-state index contributed by atoms with van der Waals surface area (Å²) in [5, 5.41) is 3.56. The molecule has 1 aromatic rings. The van der Waals surface area contributed by atoms with Crippen molar-refractivity contribution in [1.82, 2.24) is 10.0 Å². The van der Waals surface area contributed by atoms with Crippen LogP contribution >= 0.6 is 27.3 Å². The standard InChI is InChI=1S/C13H19BrN2O2S2/c1-9-11(7-12(14)19-9)20(17,18)16-10-3-6-15-13(8-10)4-2-5-13/h7,10,15-16H,2-6,8H2,1H3.